The zero-order chi connectivity index (χ0) is 25.0. The molecule has 180 valence electrons. The third-order valence-electron chi connectivity index (χ3n) is 5.00. The Morgan fingerprint density at radius 3 is 2.50 bits per heavy atom. The maximum atomic E-state index is 11.7. The zero-order valence-electron chi connectivity index (χ0n) is 18.4. The fraction of sp³-hybridized carbons (Fsp3) is 0.304. The molecule has 0 aliphatic heterocycles. The van der Waals surface area contributed by atoms with Crippen LogP contribution in [-0.2, 0) is 6.42 Å². The summed E-state index contributed by atoms with van der Waals surface area (Å²) in [6.45, 7) is 2.85. The maximum absolute atomic E-state index is 11.7. The van der Waals surface area contributed by atoms with Crippen LogP contribution < -0.4 is 15.1 Å². The van der Waals surface area contributed by atoms with Gasteiger partial charge in [-0.05, 0) is 43.7 Å². The van der Waals surface area contributed by atoms with E-state index in [9.17, 15) is 35.0 Å². The Kier molecular flexibility index (Phi) is 7.37. The summed E-state index contributed by atoms with van der Waals surface area (Å²) in [6, 6.07) is 6.96. The highest BCUT2D eigenvalue weighted by atomic mass is 16.6. The van der Waals surface area contributed by atoms with Crippen LogP contribution in [0, 0.1) is 10.1 Å². The van der Waals surface area contributed by atoms with Crippen molar-refractivity contribution in [2.75, 3.05) is 13.2 Å². The van der Waals surface area contributed by atoms with Crippen molar-refractivity contribution in [1.82, 2.24) is 0 Å². The largest absolute Gasteiger partial charge is 0.507 e. The van der Waals surface area contributed by atoms with Crippen molar-refractivity contribution in [3.63, 3.8) is 0 Å². The van der Waals surface area contributed by atoms with Gasteiger partial charge in [0.2, 0.25) is 5.75 Å². The van der Waals surface area contributed by atoms with Crippen molar-refractivity contribution < 1.29 is 38.9 Å². The summed E-state index contributed by atoms with van der Waals surface area (Å²) in [5.74, 6) is -0.778. The molecule has 0 spiro atoms. The third kappa shape index (κ3) is 5.09. The molecule has 1 atom stereocenters. The molecule has 3 N–H and O–H groups in total. The highest BCUT2D eigenvalue weighted by Gasteiger charge is 2.24. The van der Waals surface area contributed by atoms with Gasteiger partial charge in [-0.2, -0.15) is 0 Å². The highest BCUT2D eigenvalue weighted by Crippen LogP contribution is 2.34. The van der Waals surface area contributed by atoms with E-state index in [1.54, 1.807) is 6.07 Å². The molecule has 34 heavy (non-hydrogen) atoms. The molecular weight excluding hydrogens is 450 g/mol. The number of carbonyl (C=O) groups is 1. The quantitative estimate of drug-likeness (QED) is 0.172. The van der Waals surface area contributed by atoms with Gasteiger partial charge in [0.15, 0.2) is 5.78 Å². The van der Waals surface area contributed by atoms with Gasteiger partial charge >= 0.3 is 11.3 Å². The molecule has 1 aromatic heterocycles. The van der Waals surface area contributed by atoms with E-state index >= 15 is 0 Å². The van der Waals surface area contributed by atoms with Gasteiger partial charge in [0.25, 0.3) is 0 Å². The molecule has 3 aromatic rings. The van der Waals surface area contributed by atoms with Crippen molar-refractivity contribution in [3.8, 4) is 23.0 Å². The van der Waals surface area contributed by atoms with E-state index in [1.165, 1.54) is 31.2 Å². The Hall–Kier alpha value is -4.12. The number of phenols is 1. The van der Waals surface area contributed by atoms with Crippen molar-refractivity contribution in [2.24, 2.45) is 0 Å². The number of Topliss-reactive ketones (excluding diaryl/α,β-unsaturated/α-hetero) is 1. The van der Waals surface area contributed by atoms with Gasteiger partial charge in [-0.3, -0.25) is 14.9 Å². The van der Waals surface area contributed by atoms with Gasteiger partial charge in [0, 0.05) is 5.56 Å². The number of benzene rings is 2. The van der Waals surface area contributed by atoms with Gasteiger partial charge < -0.3 is 29.2 Å². The first-order valence-electron chi connectivity index (χ1n) is 10.4. The van der Waals surface area contributed by atoms with Gasteiger partial charge in [0.1, 0.15) is 42.1 Å². The van der Waals surface area contributed by atoms with E-state index in [1.807, 2.05) is 6.92 Å². The Morgan fingerprint density at radius 2 is 1.85 bits per heavy atom. The van der Waals surface area contributed by atoms with E-state index < -0.39 is 28.1 Å². The van der Waals surface area contributed by atoms with Crippen molar-refractivity contribution in [3.05, 3.63) is 62.0 Å². The number of hydrogen-bond acceptors (Lipinski definition) is 10. The van der Waals surface area contributed by atoms with Gasteiger partial charge in [-0.15, -0.1) is 0 Å². The summed E-state index contributed by atoms with van der Waals surface area (Å²) < 4.78 is 16.0. The standard InChI is InChI=1S/C23H23NO10/c1-3-4-16-18(8-6-15(12(2)25)21(16)27)33-11-13(26)10-32-14-5-7-19-17(9-14)22(28)20(24(30)31)23(29)34-19/h5-9,13,26-28H,3-4,10-11H2,1-2H3. The van der Waals surface area contributed by atoms with E-state index in [4.69, 9.17) is 13.9 Å². The lowest BCUT2D eigenvalue weighted by molar-refractivity contribution is -0.388. The first-order valence-corrected chi connectivity index (χ1v) is 10.4. The lowest BCUT2D eigenvalue weighted by atomic mass is 10.0. The van der Waals surface area contributed by atoms with E-state index in [-0.39, 0.29) is 47.0 Å². The summed E-state index contributed by atoms with van der Waals surface area (Å²) in [5.41, 5.74) is -1.77. The first kappa shape index (κ1) is 24.5. The second-order valence-corrected chi connectivity index (χ2v) is 7.52. The second kappa shape index (κ2) is 10.2. The van der Waals surface area contributed by atoms with E-state index in [0.717, 1.165) is 0 Å². The minimum Gasteiger partial charge on any atom is -0.507 e. The molecule has 0 saturated heterocycles. The predicted octanol–water partition coefficient (Wildman–Crippen LogP) is 3.09. The monoisotopic (exact) mass is 473 g/mol. The third-order valence-corrected chi connectivity index (χ3v) is 5.00. The molecule has 1 unspecified atom stereocenters. The summed E-state index contributed by atoms with van der Waals surface area (Å²) >= 11 is 0. The lowest BCUT2D eigenvalue weighted by Crippen LogP contribution is -2.25. The number of hydrogen-bond donors (Lipinski definition) is 3. The van der Waals surface area contributed by atoms with Crippen LogP contribution in [0.3, 0.4) is 0 Å². The molecule has 0 radical (unpaired) electrons. The lowest BCUT2D eigenvalue weighted by Gasteiger charge is -2.17. The topological polar surface area (TPSA) is 170 Å². The normalized spacial score (nSPS) is 11.9. The number of nitrogens with zero attached hydrogens (tertiary/aromatic N) is 1. The molecule has 0 aliphatic rings. The molecule has 0 fully saturated rings. The number of phenolic OH excluding ortho intramolecular Hbond substituents is 1. The number of aliphatic hydroxyl groups is 1. The van der Waals surface area contributed by atoms with Crippen molar-refractivity contribution in [2.45, 2.75) is 32.8 Å². The second-order valence-electron chi connectivity index (χ2n) is 7.52. The number of aromatic hydroxyl groups is 2. The van der Waals surface area contributed by atoms with Crippen LogP contribution in [0.25, 0.3) is 11.0 Å². The minimum absolute atomic E-state index is 0.0680. The average Bonchev–Trinajstić information content (AvgIpc) is 2.77. The van der Waals surface area contributed by atoms with Crippen LogP contribution in [0.1, 0.15) is 36.2 Å². The Bertz CT molecular complexity index is 1300. The molecule has 1 heterocycles. The number of fused-ring (bicyclic) bond motifs is 1. The number of rotatable bonds is 10. The summed E-state index contributed by atoms with van der Waals surface area (Å²) in [6.07, 6.45) is 0.0679. The molecule has 0 saturated carbocycles. The van der Waals surface area contributed by atoms with E-state index in [2.05, 4.69) is 0 Å². The minimum atomic E-state index is -1.28. The Morgan fingerprint density at radius 1 is 1.15 bits per heavy atom. The Labute approximate surface area is 192 Å². The van der Waals surface area contributed by atoms with Crippen LogP contribution in [0.4, 0.5) is 5.69 Å². The first-order chi connectivity index (χ1) is 16.1. The van der Waals surface area contributed by atoms with Crippen LogP contribution in [0.15, 0.2) is 39.5 Å². The zero-order valence-corrected chi connectivity index (χ0v) is 18.4. The van der Waals surface area contributed by atoms with Crippen LogP contribution >= 0.6 is 0 Å². The van der Waals surface area contributed by atoms with Gasteiger partial charge in [-0.1, -0.05) is 13.3 Å². The summed E-state index contributed by atoms with van der Waals surface area (Å²) in [5, 5.41) is 41.6. The van der Waals surface area contributed by atoms with Gasteiger partial charge in [0.05, 0.1) is 15.9 Å². The predicted molar refractivity (Wildman–Crippen MR) is 120 cm³/mol. The molecular formula is C23H23NO10. The molecule has 0 aliphatic carbocycles. The van der Waals surface area contributed by atoms with Crippen LogP contribution in [-0.4, -0.2) is 45.3 Å². The van der Waals surface area contributed by atoms with Crippen LogP contribution in [0.2, 0.25) is 0 Å². The smallest absolute Gasteiger partial charge is 0.419 e. The molecule has 11 nitrogen and oxygen atoms in total. The molecule has 0 bridgehead atoms. The number of nitro groups is 1. The number of ketones is 1. The van der Waals surface area contributed by atoms with Crippen LogP contribution in [0.5, 0.6) is 23.0 Å². The molecule has 0 amide bonds. The Balaban J connectivity index is 1.70. The number of carbonyl (C=O) groups excluding carboxylic acids is 1. The SMILES string of the molecule is CCCc1c(OCC(O)COc2ccc3oc(=O)c([N+](=O)[O-])c(O)c3c2)ccc(C(C)=O)c1O. The van der Waals surface area contributed by atoms with E-state index in [0.29, 0.717) is 24.2 Å². The molecule has 2 aromatic carbocycles. The number of ether oxygens (including phenoxy) is 2. The van der Waals surface area contributed by atoms with Crippen molar-refractivity contribution in [1.29, 1.82) is 0 Å². The highest BCUT2D eigenvalue weighted by molar-refractivity contribution is 5.97. The fourth-order valence-electron chi connectivity index (χ4n) is 3.36. The average molecular weight is 473 g/mol. The number of aliphatic hydroxyl groups excluding tert-OH is 1. The molecule has 11 heteroatoms. The summed E-state index contributed by atoms with van der Waals surface area (Å²) in [4.78, 5) is 33.3. The fourth-order valence-corrected chi connectivity index (χ4v) is 3.36. The molecule has 3 rings (SSSR count). The van der Waals surface area contributed by atoms with Crippen molar-refractivity contribution >= 4 is 22.4 Å². The summed E-state index contributed by atoms with van der Waals surface area (Å²) in [7, 11) is 0. The maximum Gasteiger partial charge on any atom is 0.419 e. The van der Waals surface area contributed by atoms with Gasteiger partial charge in [-0.25, -0.2) is 4.79 Å².